The number of nitrogens with one attached hydrogen (secondary N) is 2. The summed E-state index contributed by atoms with van der Waals surface area (Å²) in [7, 11) is 0. The summed E-state index contributed by atoms with van der Waals surface area (Å²) >= 11 is 0. The highest BCUT2D eigenvalue weighted by Crippen LogP contribution is 2.23. The molecule has 0 saturated carbocycles. The van der Waals surface area contributed by atoms with Crippen molar-refractivity contribution in [2.75, 3.05) is 19.6 Å². The molecule has 1 amide bonds. The van der Waals surface area contributed by atoms with Crippen LogP contribution in [0.4, 0.5) is 0 Å². The number of hydrogen-bond donors (Lipinski definition) is 2. The van der Waals surface area contributed by atoms with E-state index in [4.69, 9.17) is 0 Å². The van der Waals surface area contributed by atoms with Crippen LogP contribution in [0.5, 0.6) is 0 Å². The van der Waals surface area contributed by atoms with Crippen LogP contribution in [0.1, 0.15) is 57.7 Å². The Morgan fingerprint density at radius 1 is 1.33 bits per heavy atom. The standard InChI is InChI=1S/C16H28N4O/c1-16(2,3)15-13(12-18-19-15)11-17-8-10-20-9-6-4-5-7-14(20)21/h12,17H,4-11H2,1-3H3,(H,18,19). The van der Waals surface area contributed by atoms with Crippen molar-refractivity contribution in [2.45, 2.75) is 58.4 Å². The zero-order valence-corrected chi connectivity index (χ0v) is 13.5. The summed E-state index contributed by atoms with van der Waals surface area (Å²) in [6.07, 6.45) is 5.98. The van der Waals surface area contributed by atoms with E-state index in [1.165, 1.54) is 17.7 Å². The minimum absolute atomic E-state index is 0.0776. The quantitative estimate of drug-likeness (QED) is 0.818. The lowest BCUT2D eigenvalue weighted by Gasteiger charge is -2.21. The molecule has 1 aromatic rings. The average Bonchev–Trinajstić information content (AvgIpc) is 2.80. The van der Waals surface area contributed by atoms with E-state index in [9.17, 15) is 4.79 Å². The molecule has 0 radical (unpaired) electrons. The van der Waals surface area contributed by atoms with Crippen LogP contribution in [0.2, 0.25) is 0 Å². The van der Waals surface area contributed by atoms with Crippen molar-refractivity contribution in [1.29, 1.82) is 0 Å². The molecule has 118 valence electrons. The Bertz CT molecular complexity index is 461. The maximum absolute atomic E-state index is 11.9. The fraction of sp³-hybridized carbons (Fsp3) is 0.750. The monoisotopic (exact) mass is 292 g/mol. The van der Waals surface area contributed by atoms with Gasteiger partial charge in [-0.2, -0.15) is 5.10 Å². The minimum atomic E-state index is 0.0776. The van der Waals surface area contributed by atoms with Gasteiger partial charge in [-0.15, -0.1) is 0 Å². The lowest BCUT2D eigenvalue weighted by atomic mass is 9.89. The molecule has 0 bridgehead atoms. The van der Waals surface area contributed by atoms with Crippen molar-refractivity contribution in [2.24, 2.45) is 0 Å². The largest absolute Gasteiger partial charge is 0.341 e. The van der Waals surface area contributed by atoms with Gasteiger partial charge >= 0.3 is 0 Å². The van der Waals surface area contributed by atoms with E-state index in [0.717, 1.165) is 45.4 Å². The van der Waals surface area contributed by atoms with Crippen molar-refractivity contribution in [3.8, 4) is 0 Å². The summed E-state index contributed by atoms with van der Waals surface area (Å²) in [6.45, 7) is 9.90. The van der Waals surface area contributed by atoms with E-state index in [2.05, 4.69) is 36.3 Å². The molecule has 1 fully saturated rings. The molecule has 0 atom stereocenters. The summed E-state index contributed by atoms with van der Waals surface area (Å²) in [6, 6.07) is 0. The molecular formula is C16H28N4O. The molecule has 1 aromatic heterocycles. The molecule has 5 nitrogen and oxygen atoms in total. The summed E-state index contributed by atoms with van der Waals surface area (Å²) in [5, 5.41) is 10.7. The first-order valence-electron chi connectivity index (χ1n) is 7.99. The second-order valence-corrected chi connectivity index (χ2v) is 6.89. The van der Waals surface area contributed by atoms with E-state index in [1.807, 2.05) is 11.1 Å². The number of amides is 1. The number of aromatic amines is 1. The minimum Gasteiger partial charge on any atom is -0.341 e. The molecule has 0 aliphatic carbocycles. The van der Waals surface area contributed by atoms with Crippen molar-refractivity contribution in [3.05, 3.63) is 17.5 Å². The highest BCUT2D eigenvalue weighted by molar-refractivity contribution is 5.76. The number of H-pyrrole nitrogens is 1. The third-order valence-corrected chi connectivity index (χ3v) is 4.01. The predicted octanol–water partition coefficient (Wildman–Crippen LogP) is 2.20. The first kappa shape index (κ1) is 16.0. The van der Waals surface area contributed by atoms with Crippen LogP contribution < -0.4 is 5.32 Å². The lowest BCUT2D eigenvalue weighted by molar-refractivity contribution is -0.130. The van der Waals surface area contributed by atoms with Gasteiger partial charge in [-0.25, -0.2) is 0 Å². The molecule has 2 rings (SSSR count). The van der Waals surface area contributed by atoms with Crippen molar-refractivity contribution in [3.63, 3.8) is 0 Å². The van der Waals surface area contributed by atoms with E-state index in [-0.39, 0.29) is 5.41 Å². The molecule has 0 aromatic carbocycles. The normalized spacial score (nSPS) is 17.1. The van der Waals surface area contributed by atoms with Crippen LogP contribution in [0.3, 0.4) is 0 Å². The van der Waals surface area contributed by atoms with Crippen LogP contribution in [0, 0.1) is 0 Å². The van der Waals surface area contributed by atoms with Gasteiger partial charge in [0.1, 0.15) is 0 Å². The number of rotatable bonds is 5. The first-order valence-corrected chi connectivity index (χ1v) is 7.99. The highest BCUT2D eigenvalue weighted by atomic mass is 16.2. The number of nitrogens with zero attached hydrogens (tertiary/aromatic N) is 2. The van der Waals surface area contributed by atoms with Gasteiger partial charge in [-0.1, -0.05) is 27.2 Å². The molecule has 5 heteroatoms. The Balaban J connectivity index is 1.77. The molecule has 0 spiro atoms. The van der Waals surface area contributed by atoms with Crippen LogP contribution in [0.25, 0.3) is 0 Å². The Morgan fingerprint density at radius 3 is 2.90 bits per heavy atom. The fourth-order valence-electron chi connectivity index (χ4n) is 2.81. The molecule has 1 aliphatic rings. The molecule has 2 heterocycles. The van der Waals surface area contributed by atoms with Gasteiger partial charge in [0, 0.05) is 49.3 Å². The number of hydrogen-bond acceptors (Lipinski definition) is 3. The van der Waals surface area contributed by atoms with E-state index in [0.29, 0.717) is 5.91 Å². The molecule has 0 unspecified atom stereocenters. The SMILES string of the molecule is CC(C)(C)c1[nH]ncc1CNCCN1CCCCCC1=O. The molecular weight excluding hydrogens is 264 g/mol. The van der Waals surface area contributed by atoms with Gasteiger partial charge < -0.3 is 10.2 Å². The third-order valence-electron chi connectivity index (χ3n) is 4.01. The second-order valence-electron chi connectivity index (χ2n) is 6.89. The van der Waals surface area contributed by atoms with Crippen LogP contribution >= 0.6 is 0 Å². The van der Waals surface area contributed by atoms with Crippen LogP contribution in [0.15, 0.2) is 6.20 Å². The van der Waals surface area contributed by atoms with Crippen molar-refractivity contribution < 1.29 is 4.79 Å². The summed E-state index contributed by atoms with van der Waals surface area (Å²) in [5.41, 5.74) is 2.47. The van der Waals surface area contributed by atoms with Crippen LogP contribution in [-0.2, 0) is 16.8 Å². The van der Waals surface area contributed by atoms with Gasteiger partial charge in [0.2, 0.25) is 5.91 Å². The van der Waals surface area contributed by atoms with Gasteiger partial charge in [0.25, 0.3) is 0 Å². The van der Waals surface area contributed by atoms with Gasteiger partial charge in [0.15, 0.2) is 0 Å². The number of carbonyl (C=O) groups is 1. The van der Waals surface area contributed by atoms with Gasteiger partial charge in [0.05, 0.1) is 6.20 Å². The smallest absolute Gasteiger partial charge is 0.222 e. The topological polar surface area (TPSA) is 61.0 Å². The Hall–Kier alpha value is -1.36. The predicted molar refractivity (Wildman–Crippen MR) is 84.0 cm³/mol. The maximum atomic E-state index is 11.9. The van der Waals surface area contributed by atoms with E-state index < -0.39 is 0 Å². The van der Waals surface area contributed by atoms with Gasteiger partial charge in [-0.3, -0.25) is 9.89 Å². The Labute approximate surface area is 127 Å². The summed E-state index contributed by atoms with van der Waals surface area (Å²) in [5.74, 6) is 0.313. The number of aromatic nitrogens is 2. The Kier molecular flexibility index (Phi) is 5.39. The fourth-order valence-corrected chi connectivity index (χ4v) is 2.81. The average molecular weight is 292 g/mol. The second kappa shape index (κ2) is 7.07. The summed E-state index contributed by atoms with van der Waals surface area (Å²) < 4.78 is 0. The first-order chi connectivity index (χ1) is 9.98. The van der Waals surface area contributed by atoms with E-state index >= 15 is 0 Å². The van der Waals surface area contributed by atoms with Crippen LogP contribution in [-0.4, -0.2) is 40.6 Å². The molecule has 1 saturated heterocycles. The zero-order chi connectivity index (χ0) is 15.3. The van der Waals surface area contributed by atoms with Crippen molar-refractivity contribution in [1.82, 2.24) is 20.4 Å². The molecule has 21 heavy (non-hydrogen) atoms. The number of likely N-dealkylation sites (tertiary alicyclic amines) is 1. The zero-order valence-electron chi connectivity index (χ0n) is 13.5. The highest BCUT2D eigenvalue weighted by Gasteiger charge is 2.20. The van der Waals surface area contributed by atoms with Crippen molar-refractivity contribution >= 4 is 5.91 Å². The third kappa shape index (κ3) is 4.56. The molecule has 2 N–H and O–H groups in total. The Morgan fingerprint density at radius 2 is 2.14 bits per heavy atom. The summed E-state index contributed by atoms with van der Waals surface area (Å²) in [4.78, 5) is 13.9. The molecule has 1 aliphatic heterocycles. The number of carbonyl (C=O) groups excluding carboxylic acids is 1. The van der Waals surface area contributed by atoms with E-state index in [1.54, 1.807) is 0 Å². The maximum Gasteiger partial charge on any atom is 0.222 e. The van der Waals surface area contributed by atoms with Gasteiger partial charge in [-0.05, 0) is 12.8 Å². The lowest BCUT2D eigenvalue weighted by Crippen LogP contribution is -2.36.